The summed E-state index contributed by atoms with van der Waals surface area (Å²) >= 11 is 0. The summed E-state index contributed by atoms with van der Waals surface area (Å²) in [5.41, 5.74) is 1.89. The molecule has 0 N–H and O–H groups in total. The Balaban J connectivity index is 1.48. The van der Waals surface area contributed by atoms with Gasteiger partial charge in [0.2, 0.25) is 0 Å². The Bertz CT molecular complexity index is 991. The average molecular weight is 417 g/mol. The molecule has 1 saturated heterocycles. The topological polar surface area (TPSA) is 30.3 Å². The van der Waals surface area contributed by atoms with E-state index in [9.17, 15) is 13.2 Å². The molecule has 7 heteroatoms. The third-order valence-corrected chi connectivity index (χ3v) is 5.87. The Morgan fingerprint density at radius 3 is 2.47 bits per heavy atom. The van der Waals surface area contributed by atoms with Gasteiger partial charge in [-0.1, -0.05) is 30.3 Å². The van der Waals surface area contributed by atoms with Crippen molar-refractivity contribution < 1.29 is 17.9 Å². The maximum atomic E-state index is 13.3. The van der Waals surface area contributed by atoms with Gasteiger partial charge < -0.3 is 9.30 Å². The van der Waals surface area contributed by atoms with Crippen molar-refractivity contribution in [3.05, 3.63) is 65.5 Å². The SMILES string of the molecule is COCCn1c(C2CCN(Cc3ccccc3C(F)(F)F)CC2)nc2ccccc21. The highest BCUT2D eigenvalue weighted by molar-refractivity contribution is 5.76. The van der Waals surface area contributed by atoms with Crippen LogP contribution in [-0.4, -0.2) is 41.3 Å². The number of benzene rings is 2. The highest BCUT2D eigenvalue weighted by Crippen LogP contribution is 2.34. The summed E-state index contributed by atoms with van der Waals surface area (Å²) in [4.78, 5) is 7.00. The van der Waals surface area contributed by atoms with Gasteiger partial charge in [0.25, 0.3) is 0 Å². The molecule has 2 aromatic carbocycles. The Labute approximate surface area is 174 Å². The Morgan fingerprint density at radius 1 is 1.03 bits per heavy atom. The summed E-state index contributed by atoms with van der Waals surface area (Å²) in [7, 11) is 1.69. The third kappa shape index (κ3) is 4.37. The Kier molecular flexibility index (Phi) is 6.11. The van der Waals surface area contributed by atoms with Gasteiger partial charge in [-0.25, -0.2) is 4.98 Å². The number of piperidine rings is 1. The third-order valence-electron chi connectivity index (χ3n) is 5.87. The molecule has 2 heterocycles. The minimum absolute atomic E-state index is 0.295. The highest BCUT2D eigenvalue weighted by Gasteiger charge is 2.34. The largest absolute Gasteiger partial charge is 0.416 e. The standard InChI is InChI=1S/C23H26F3N3O/c1-30-15-14-29-21-9-5-4-8-20(21)27-22(29)17-10-12-28(13-11-17)16-18-6-2-3-7-19(18)23(24,25)26/h2-9,17H,10-16H2,1H3. The fourth-order valence-corrected chi connectivity index (χ4v) is 4.35. The molecule has 0 atom stereocenters. The molecule has 0 bridgehead atoms. The lowest BCUT2D eigenvalue weighted by atomic mass is 9.95. The van der Waals surface area contributed by atoms with E-state index in [1.165, 1.54) is 12.1 Å². The number of hydrogen-bond donors (Lipinski definition) is 0. The van der Waals surface area contributed by atoms with E-state index in [1.54, 1.807) is 19.2 Å². The molecule has 30 heavy (non-hydrogen) atoms. The molecule has 0 saturated carbocycles. The molecule has 4 rings (SSSR count). The molecule has 3 aromatic rings. The van der Waals surface area contributed by atoms with Gasteiger partial charge in [-0.3, -0.25) is 4.90 Å². The van der Waals surface area contributed by atoms with Crippen LogP contribution in [0.1, 0.15) is 35.7 Å². The molecule has 1 fully saturated rings. The number of para-hydroxylation sites is 2. The highest BCUT2D eigenvalue weighted by atomic mass is 19.4. The lowest BCUT2D eigenvalue weighted by Crippen LogP contribution is -2.34. The van der Waals surface area contributed by atoms with Crippen molar-refractivity contribution in [2.75, 3.05) is 26.8 Å². The zero-order chi connectivity index (χ0) is 21.1. The van der Waals surface area contributed by atoms with Crippen molar-refractivity contribution in [2.24, 2.45) is 0 Å². The lowest BCUT2D eigenvalue weighted by molar-refractivity contribution is -0.138. The zero-order valence-electron chi connectivity index (χ0n) is 17.0. The van der Waals surface area contributed by atoms with E-state index in [2.05, 4.69) is 15.5 Å². The summed E-state index contributed by atoms with van der Waals surface area (Å²) in [5, 5.41) is 0. The first-order chi connectivity index (χ1) is 14.5. The smallest absolute Gasteiger partial charge is 0.383 e. The Morgan fingerprint density at radius 2 is 1.73 bits per heavy atom. The molecule has 0 aliphatic carbocycles. The molecule has 160 valence electrons. The number of rotatable bonds is 6. The van der Waals surface area contributed by atoms with Gasteiger partial charge in [0, 0.05) is 26.1 Å². The molecule has 0 radical (unpaired) electrons. The van der Waals surface area contributed by atoms with Crippen molar-refractivity contribution in [3.63, 3.8) is 0 Å². The first-order valence-electron chi connectivity index (χ1n) is 10.3. The van der Waals surface area contributed by atoms with Crippen LogP contribution in [0.15, 0.2) is 48.5 Å². The molecule has 0 amide bonds. The van der Waals surface area contributed by atoms with Crippen molar-refractivity contribution >= 4 is 11.0 Å². The molecule has 4 nitrogen and oxygen atoms in total. The van der Waals surface area contributed by atoms with E-state index in [0.717, 1.165) is 49.3 Å². The van der Waals surface area contributed by atoms with Gasteiger partial charge >= 0.3 is 6.18 Å². The first kappa shape index (κ1) is 20.9. The summed E-state index contributed by atoms with van der Waals surface area (Å²) in [6, 6.07) is 14.0. The fourth-order valence-electron chi connectivity index (χ4n) is 4.35. The summed E-state index contributed by atoms with van der Waals surface area (Å²) in [6.07, 6.45) is -2.56. The van der Waals surface area contributed by atoms with Crippen molar-refractivity contribution in [3.8, 4) is 0 Å². The normalized spacial score (nSPS) is 16.4. The minimum Gasteiger partial charge on any atom is -0.383 e. The van der Waals surface area contributed by atoms with Crippen molar-refractivity contribution in [1.29, 1.82) is 0 Å². The number of imidazole rings is 1. The Hall–Kier alpha value is -2.38. The van der Waals surface area contributed by atoms with E-state index < -0.39 is 11.7 Å². The van der Waals surface area contributed by atoms with Gasteiger partial charge in [-0.15, -0.1) is 0 Å². The average Bonchev–Trinajstić information content (AvgIpc) is 3.11. The number of halogens is 3. The molecule has 1 aliphatic heterocycles. The second-order valence-corrected chi connectivity index (χ2v) is 7.81. The second-order valence-electron chi connectivity index (χ2n) is 7.81. The van der Waals surface area contributed by atoms with Gasteiger partial charge in [0.15, 0.2) is 0 Å². The quantitative estimate of drug-likeness (QED) is 0.560. The maximum Gasteiger partial charge on any atom is 0.416 e. The molecular formula is C23H26F3N3O. The molecule has 1 aliphatic rings. The van der Waals surface area contributed by atoms with E-state index in [0.29, 0.717) is 24.6 Å². The number of alkyl halides is 3. The predicted octanol–water partition coefficient (Wildman–Crippen LogP) is 5.08. The van der Waals surface area contributed by atoms with Crippen molar-refractivity contribution in [2.45, 2.75) is 38.0 Å². The lowest BCUT2D eigenvalue weighted by Gasteiger charge is -2.32. The van der Waals surface area contributed by atoms with Crippen molar-refractivity contribution in [1.82, 2.24) is 14.5 Å². The van der Waals surface area contributed by atoms with Gasteiger partial charge in [-0.05, 0) is 49.7 Å². The van der Waals surface area contributed by atoms with E-state index >= 15 is 0 Å². The predicted molar refractivity (Wildman–Crippen MR) is 110 cm³/mol. The zero-order valence-corrected chi connectivity index (χ0v) is 17.0. The van der Waals surface area contributed by atoms with Gasteiger partial charge in [-0.2, -0.15) is 13.2 Å². The first-order valence-corrected chi connectivity index (χ1v) is 10.3. The number of methoxy groups -OCH3 is 1. The van der Waals surface area contributed by atoms with Crippen LogP contribution >= 0.6 is 0 Å². The van der Waals surface area contributed by atoms with Crippen LogP contribution < -0.4 is 0 Å². The number of ether oxygens (including phenoxy) is 1. The number of aromatic nitrogens is 2. The summed E-state index contributed by atoms with van der Waals surface area (Å²) in [5.74, 6) is 1.35. The van der Waals surface area contributed by atoms with Crippen LogP contribution in [0.3, 0.4) is 0 Å². The van der Waals surface area contributed by atoms with Crippen LogP contribution in [-0.2, 0) is 24.0 Å². The molecule has 1 aromatic heterocycles. The van der Waals surface area contributed by atoms with Crippen LogP contribution in [0.25, 0.3) is 11.0 Å². The van der Waals surface area contributed by atoms with Crippen LogP contribution in [0, 0.1) is 0 Å². The summed E-state index contributed by atoms with van der Waals surface area (Å²) in [6.45, 7) is 3.18. The van der Waals surface area contributed by atoms with Gasteiger partial charge in [0.1, 0.15) is 5.82 Å². The van der Waals surface area contributed by atoms with Crippen LogP contribution in [0.2, 0.25) is 0 Å². The van der Waals surface area contributed by atoms with E-state index in [4.69, 9.17) is 9.72 Å². The van der Waals surface area contributed by atoms with E-state index in [1.807, 2.05) is 18.2 Å². The number of hydrogen-bond acceptors (Lipinski definition) is 3. The molecular weight excluding hydrogens is 391 g/mol. The molecule has 0 spiro atoms. The number of likely N-dealkylation sites (tertiary alicyclic amines) is 1. The number of fused-ring (bicyclic) bond motifs is 1. The minimum atomic E-state index is -4.32. The van der Waals surface area contributed by atoms with Gasteiger partial charge in [0.05, 0.1) is 23.2 Å². The number of nitrogens with zero attached hydrogens (tertiary/aromatic N) is 3. The molecule has 0 unspecified atom stereocenters. The van der Waals surface area contributed by atoms with Crippen LogP contribution in [0.5, 0.6) is 0 Å². The second kappa shape index (κ2) is 8.78. The van der Waals surface area contributed by atoms with Crippen LogP contribution in [0.4, 0.5) is 13.2 Å². The monoisotopic (exact) mass is 417 g/mol. The summed E-state index contributed by atoms with van der Waals surface area (Å²) < 4.78 is 47.4. The fraction of sp³-hybridized carbons (Fsp3) is 0.435. The van der Waals surface area contributed by atoms with E-state index in [-0.39, 0.29) is 0 Å². The maximum absolute atomic E-state index is 13.3.